The number of aromatic hydroxyl groups is 1. The minimum Gasteiger partial charge on any atom is -0.507 e. The molecule has 1 atom stereocenters. The lowest BCUT2D eigenvalue weighted by molar-refractivity contribution is -0.895. The molecule has 0 saturated heterocycles. The van der Waals surface area contributed by atoms with Crippen molar-refractivity contribution in [2.24, 2.45) is 0 Å². The van der Waals surface area contributed by atoms with Crippen LogP contribution in [0.4, 0.5) is 0 Å². The van der Waals surface area contributed by atoms with Gasteiger partial charge in [0.15, 0.2) is 0 Å². The van der Waals surface area contributed by atoms with Crippen molar-refractivity contribution >= 4 is 11.0 Å². The standard InChI is InChI=1S/C19H25NO3/c1-3-4-5-6-7-13-10-16(21)18-14-8-9-20(2)12-15(14)19(22)23-17(18)11-13/h10-11,21H,3-9,12H2,1-2H3/p+1. The summed E-state index contributed by atoms with van der Waals surface area (Å²) in [5.41, 5.74) is 3.06. The highest BCUT2D eigenvalue weighted by molar-refractivity contribution is 5.88. The summed E-state index contributed by atoms with van der Waals surface area (Å²) in [6.45, 7) is 3.84. The summed E-state index contributed by atoms with van der Waals surface area (Å²) in [7, 11) is 2.08. The van der Waals surface area contributed by atoms with E-state index in [1.54, 1.807) is 0 Å². The molecular formula is C19H26NO3+. The van der Waals surface area contributed by atoms with Gasteiger partial charge in [-0.2, -0.15) is 0 Å². The number of aryl methyl sites for hydroxylation is 1. The average Bonchev–Trinajstić information content (AvgIpc) is 2.52. The highest BCUT2D eigenvalue weighted by Gasteiger charge is 2.25. The van der Waals surface area contributed by atoms with Crippen LogP contribution in [0.5, 0.6) is 5.75 Å². The molecule has 1 aromatic carbocycles. The lowest BCUT2D eigenvalue weighted by atomic mass is 9.95. The Morgan fingerprint density at radius 3 is 2.83 bits per heavy atom. The molecule has 0 radical (unpaired) electrons. The zero-order valence-electron chi connectivity index (χ0n) is 14.1. The molecule has 1 aliphatic rings. The first kappa shape index (κ1) is 16.1. The van der Waals surface area contributed by atoms with Gasteiger partial charge in [0.1, 0.15) is 17.9 Å². The van der Waals surface area contributed by atoms with Gasteiger partial charge in [-0.1, -0.05) is 26.2 Å². The SMILES string of the molecule is CCCCCCc1cc(O)c2c3c(c(=O)oc2c1)C[NH+](C)CC3. The van der Waals surface area contributed by atoms with Crippen LogP contribution in [0, 0.1) is 0 Å². The van der Waals surface area contributed by atoms with Gasteiger partial charge in [0, 0.05) is 6.42 Å². The summed E-state index contributed by atoms with van der Waals surface area (Å²) in [6.07, 6.45) is 6.46. The summed E-state index contributed by atoms with van der Waals surface area (Å²) in [4.78, 5) is 13.6. The van der Waals surface area contributed by atoms with E-state index in [4.69, 9.17) is 4.42 Å². The fourth-order valence-corrected chi connectivity index (χ4v) is 3.56. The Morgan fingerprint density at radius 1 is 1.22 bits per heavy atom. The Balaban J connectivity index is 1.98. The molecule has 1 aromatic heterocycles. The van der Waals surface area contributed by atoms with Crippen molar-refractivity contribution in [1.82, 2.24) is 0 Å². The summed E-state index contributed by atoms with van der Waals surface area (Å²) in [5, 5.41) is 11.2. The van der Waals surface area contributed by atoms with Crippen LogP contribution in [0.25, 0.3) is 11.0 Å². The number of benzene rings is 1. The van der Waals surface area contributed by atoms with Crippen LogP contribution in [0.3, 0.4) is 0 Å². The highest BCUT2D eigenvalue weighted by atomic mass is 16.4. The largest absolute Gasteiger partial charge is 0.507 e. The lowest BCUT2D eigenvalue weighted by Gasteiger charge is -2.22. The summed E-state index contributed by atoms with van der Waals surface area (Å²) < 4.78 is 5.53. The number of likely N-dealkylation sites (N-methyl/N-ethyl adjacent to an activating group) is 1. The van der Waals surface area contributed by atoms with Gasteiger partial charge in [0.05, 0.1) is 24.5 Å². The van der Waals surface area contributed by atoms with Gasteiger partial charge in [0.25, 0.3) is 0 Å². The maximum absolute atomic E-state index is 12.3. The second-order valence-corrected chi connectivity index (χ2v) is 6.78. The Kier molecular flexibility index (Phi) is 4.71. The topological polar surface area (TPSA) is 54.9 Å². The zero-order chi connectivity index (χ0) is 16.4. The van der Waals surface area contributed by atoms with E-state index in [2.05, 4.69) is 14.0 Å². The Bertz CT molecular complexity index is 763. The molecule has 23 heavy (non-hydrogen) atoms. The van der Waals surface area contributed by atoms with E-state index in [1.165, 1.54) is 24.2 Å². The summed E-state index contributed by atoms with van der Waals surface area (Å²) >= 11 is 0. The maximum Gasteiger partial charge on any atom is 0.345 e. The molecule has 2 N–H and O–H groups in total. The molecule has 0 bridgehead atoms. The van der Waals surface area contributed by atoms with E-state index in [0.717, 1.165) is 47.9 Å². The predicted octanol–water partition coefficient (Wildman–Crippen LogP) is 2.19. The van der Waals surface area contributed by atoms with E-state index in [0.29, 0.717) is 12.1 Å². The molecule has 2 heterocycles. The molecule has 2 aromatic rings. The zero-order valence-corrected chi connectivity index (χ0v) is 14.1. The fourth-order valence-electron chi connectivity index (χ4n) is 3.56. The van der Waals surface area contributed by atoms with Gasteiger partial charge < -0.3 is 14.4 Å². The number of hydrogen-bond donors (Lipinski definition) is 2. The van der Waals surface area contributed by atoms with Crippen LogP contribution in [-0.2, 0) is 19.4 Å². The minimum absolute atomic E-state index is 0.242. The number of unbranched alkanes of at least 4 members (excludes halogenated alkanes) is 3. The first-order chi connectivity index (χ1) is 11.1. The molecule has 1 aliphatic heterocycles. The quantitative estimate of drug-likeness (QED) is 0.657. The molecule has 0 fully saturated rings. The molecule has 0 saturated carbocycles. The number of hydrogen-bond acceptors (Lipinski definition) is 3. The van der Waals surface area contributed by atoms with E-state index in [-0.39, 0.29) is 11.4 Å². The van der Waals surface area contributed by atoms with Crippen LogP contribution < -0.4 is 10.5 Å². The normalized spacial score (nSPS) is 17.4. The maximum atomic E-state index is 12.3. The molecule has 0 amide bonds. The second kappa shape index (κ2) is 6.75. The molecule has 124 valence electrons. The van der Waals surface area contributed by atoms with Crippen molar-refractivity contribution in [3.63, 3.8) is 0 Å². The number of phenols is 1. The van der Waals surface area contributed by atoms with E-state index in [9.17, 15) is 9.90 Å². The predicted molar refractivity (Wildman–Crippen MR) is 91.2 cm³/mol. The molecule has 4 heteroatoms. The summed E-state index contributed by atoms with van der Waals surface area (Å²) in [6, 6.07) is 3.79. The van der Waals surface area contributed by atoms with Gasteiger partial charge in [-0.25, -0.2) is 4.79 Å². The van der Waals surface area contributed by atoms with Crippen molar-refractivity contribution < 1.29 is 14.4 Å². The van der Waals surface area contributed by atoms with Crippen LogP contribution in [0.2, 0.25) is 0 Å². The highest BCUT2D eigenvalue weighted by Crippen LogP contribution is 2.31. The summed E-state index contributed by atoms with van der Waals surface area (Å²) in [5.74, 6) is 0.257. The van der Waals surface area contributed by atoms with Crippen molar-refractivity contribution in [3.8, 4) is 5.75 Å². The Hall–Kier alpha value is -1.81. The molecule has 0 aliphatic carbocycles. The van der Waals surface area contributed by atoms with Crippen molar-refractivity contribution in [3.05, 3.63) is 39.2 Å². The van der Waals surface area contributed by atoms with Crippen LogP contribution in [-0.4, -0.2) is 18.7 Å². The molecule has 4 nitrogen and oxygen atoms in total. The van der Waals surface area contributed by atoms with Gasteiger partial charge in [0.2, 0.25) is 0 Å². The van der Waals surface area contributed by atoms with Crippen molar-refractivity contribution in [1.29, 1.82) is 0 Å². The molecular weight excluding hydrogens is 290 g/mol. The number of phenolic OH excluding ortho intramolecular Hbond substituents is 1. The first-order valence-corrected chi connectivity index (χ1v) is 8.72. The minimum atomic E-state index is -0.242. The van der Waals surface area contributed by atoms with Gasteiger partial charge in [-0.15, -0.1) is 0 Å². The third-order valence-corrected chi connectivity index (χ3v) is 4.86. The number of rotatable bonds is 5. The first-order valence-electron chi connectivity index (χ1n) is 8.72. The monoisotopic (exact) mass is 316 g/mol. The third-order valence-electron chi connectivity index (χ3n) is 4.86. The van der Waals surface area contributed by atoms with E-state index in [1.807, 2.05) is 12.1 Å². The smallest absolute Gasteiger partial charge is 0.345 e. The van der Waals surface area contributed by atoms with Crippen LogP contribution >= 0.6 is 0 Å². The third kappa shape index (κ3) is 3.27. The average molecular weight is 316 g/mol. The van der Waals surface area contributed by atoms with Gasteiger partial charge >= 0.3 is 5.63 Å². The molecule has 0 spiro atoms. The molecule has 3 rings (SSSR count). The second-order valence-electron chi connectivity index (χ2n) is 6.78. The number of nitrogens with one attached hydrogen (secondary N) is 1. The Labute approximate surface area is 136 Å². The van der Waals surface area contributed by atoms with Crippen LogP contribution in [0.1, 0.15) is 49.3 Å². The Morgan fingerprint density at radius 2 is 2.04 bits per heavy atom. The van der Waals surface area contributed by atoms with E-state index < -0.39 is 0 Å². The van der Waals surface area contributed by atoms with E-state index >= 15 is 0 Å². The van der Waals surface area contributed by atoms with Gasteiger partial charge in [-0.3, -0.25) is 0 Å². The van der Waals surface area contributed by atoms with Crippen molar-refractivity contribution in [2.45, 2.75) is 52.0 Å². The fraction of sp³-hybridized carbons (Fsp3) is 0.526. The number of quaternary nitrogens is 1. The lowest BCUT2D eigenvalue weighted by Crippen LogP contribution is -3.08. The molecule has 1 unspecified atom stereocenters. The van der Waals surface area contributed by atoms with Crippen molar-refractivity contribution in [2.75, 3.05) is 13.6 Å². The van der Waals surface area contributed by atoms with Gasteiger partial charge in [-0.05, 0) is 36.1 Å². The number of fused-ring (bicyclic) bond motifs is 3. The van der Waals surface area contributed by atoms with Crippen LogP contribution in [0.15, 0.2) is 21.3 Å².